The molecule has 0 saturated heterocycles. The van der Waals surface area contributed by atoms with Gasteiger partial charge in [-0.15, -0.1) is 0 Å². The molecule has 0 aliphatic carbocycles. The first-order chi connectivity index (χ1) is 9.88. The normalized spacial score (nSPS) is 18.8. The van der Waals surface area contributed by atoms with Crippen LogP contribution in [0.3, 0.4) is 0 Å². The monoisotopic (exact) mass is 273 g/mol. The van der Waals surface area contributed by atoms with Gasteiger partial charge in [0.25, 0.3) is 0 Å². The molecule has 0 fully saturated rings. The van der Waals surface area contributed by atoms with E-state index in [-0.39, 0.29) is 12.1 Å². The third-order valence-corrected chi connectivity index (χ3v) is 3.37. The molecule has 0 radical (unpaired) electrons. The van der Waals surface area contributed by atoms with Crippen LogP contribution in [0.4, 0.5) is 0 Å². The Bertz CT molecular complexity index is 538. The van der Waals surface area contributed by atoms with Gasteiger partial charge in [0, 0.05) is 0 Å². The summed E-state index contributed by atoms with van der Waals surface area (Å²) in [5.74, 6) is 2.47. The summed E-state index contributed by atoms with van der Waals surface area (Å²) in [5.41, 5.74) is 0. The summed E-state index contributed by atoms with van der Waals surface area (Å²) in [7, 11) is 0. The summed E-state index contributed by atoms with van der Waals surface area (Å²) in [6, 6.07) is 11.6. The van der Waals surface area contributed by atoms with Crippen molar-refractivity contribution in [2.75, 3.05) is 13.2 Å². The van der Waals surface area contributed by atoms with Crippen molar-refractivity contribution in [2.24, 2.45) is 0 Å². The van der Waals surface area contributed by atoms with Gasteiger partial charge < -0.3 is 19.2 Å². The van der Waals surface area contributed by atoms with Crippen LogP contribution in [0.1, 0.15) is 25.1 Å². The van der Waals surface area contributed by atoms with Gasteiger partial charge in [0.1, 0.15) is 18.4 Å². The maximum Gasteiger partial charge on any atom is 0.161 e. The van der Waals surface area contributed by atoms with Gasteiger partial charge in [0.05, 0.1) is 6.26 Å². The number of ether oxygens (including phenoxy) is 2. The second-order valence-corrected chi connectivity index (χ2v) is 4.86. The molecule has 2 atom stereocenters. The van der Waals surface area contributed by atoms with Crippen LogP contribution in [0, 0.1) is 0 Å². The lowest BCUT2D eigenvalue weighted by Gasteiger charge is -2.31. The Labute approximate surface area is 118 Å². The Balaban J connectivity index is 1.79. The molecule has 1 aliphatic heterocycles. The molecule has 2 heterocycles. The molecule has 0 bridgehead atoms. The second kappa shape index (κ2) is 6.01. The Hall–Kier alpha value is -1.94. The quantitative estimate of drug-likeness (QED) is 0.908. The molecule has 2 aromatic rings. The van der Waals surface area contributed by atoms with Crippen molar-refractivity contribution in [2.45, 2.75) is 25.5 Å². The first-order valence-electron chi connectivity index (χ1n) is 7.03. The summed E-state index contributed by atoms with van der Waals surface area (Å²) in [6.07, 6.45) is 2.65. The highest BCUT2D eigenvalue weighted by atomic mass is 16.6. The largest absolute Gasteiger partial charge is 0.486 e. The Kier molecular flexibility index (Phi) is 3.92. The van der Waals surface area contributed by atoms with E-state index in [1.807, 2.05) is 36.4 Å². The Morgan fingerprint density at radius 3 is 2.80 bits per heavy atom. The van der Waals surface area contributed by atoms with Crippen molar-refractivity contribution >= 4 is 0 Å². The maximum absolute atomic E-state index is 6.07. The Morgan fingerprint density at radius 2 is 2.05 bits per heavy atom. The molecule has 0 saturated carbocycles. The molecule has 1 aromatic carbocycles. The van der Waals surface area contributed by atoms with Crippen LogP contribution in [0.15, 0.2) is 47.1 Å². The average Bonchev–Trinajstić information content (AvgIpc) is 3.02. The molecular weight excluding hydrogens is 254 g/mol. The van der Waals surface area contributed by atoms with Crippen LogP contribution >= 0.6 is 0 Å². The van der Waals surface area contributed by atoms with Crippen LogP contribution in [0.25, 0.3) is 0 Å². The fourth-order valence-electron chi connectivity index (χ4n) is 2.38. The van der Waals surface area contributed by atoms with E-state index in [1.165, 1.54) is 0 Å². The van der Waals surface area contributed by atoms with Crippen molar-refractivity contribution in [3.05, 3.63) is 48.4 Å². The number of hydrogen-bond donors (Lipinski definition) is 1. The SMILES string of the molecule is CCCNC(c1ccco1)C1COc2ccccc2O1. The van der Waals surface area contributed by atoms with Crippen molar-refractivity contribution in [3.63, 3.8) is 0 Å². The predicted molar refractivity (Wildman–Crippen MR) is 76.1 cm³/mol. The van der Waals surface area contributed by atoms with Crippen LogP contribution in [0.2, 0.25) is 0 Å². The lowest BCUT2D eigenvalue weighted by Crippen LogP contribution is -2.41. The summed E-state index contributed by atoms with van der Waals surface area (Å²) in [6.45, 7) is 3.56. The van der Waals surface area contributed by atoms with E-state index in [0.717, 1.165) is 30.2 Å². The molecule has 1 aromatic heterocycles. The first-order valence-corrected chi connectivity index (χ1v) is 7.03. The number of fused-ring (bicyclic) bond motifs is 1. The molecular formula is C16H19NO3. The predicted octanol–water partition coefficient (Wildman–Crippen LogP) is 3.16. The minimum atomic E-state index is -0.0948. The van der Waals surface area contributed by atoms with E-state index >= 15 is 0 Å². The van der Waals surface area contributed by atoms with Gasteiger partial charge in [-0.05, 0) is 37.2 Å². The second-order valence-electron chi connectivity index (χ2n) is 4.86. The molecule has 0 spiro atoms. The van der Waals surface area contributed by atoms with Gasteiger partial charge in [0.2, 0.25) is 0 Å². The summed E-state index contributed by atoms with van der Waals surface area (Å²) >= 11 is 0. The molecule has 1 N–H and O–H groups in total. The average molecular weight is 273 g/mol. The van der Waals surface area contributed by atoms with Crippen LogP contribution in [-0.4, -0.2) is 19.3 Å². The third-order valence-electron chi connectivity index (χ3n) is 3.37. The number of furan rings is 1. The zero-order chi connectivity index (χ0) is 13.8. The molecule has 3 rings (SSSR count). The minimum Gasteiger partial charge on any atom is -0.486 e. The van der Waals surface area contributed by atoms with Crippen LogP contribution < -0.4 is 14.8 Å². The van der Waals surface area contributed by atoms with E-state index in [0.29, 0.717) is 6.61 Å². The number of para-hydroxylation sites is 2. The number of rotatable bonds is 5. The molecule has 106 valence electrons. The Morgan fingerprint density at radius 1 is 1.20 bits per heavy atom. The standard InChI is InChI=1S/C16H19NO3/c1-2-9-17-16(14-8-5-10-18-14)15-11-19-12-6-3-4-7-13(12)20-15/h3-8,10,15-17H,2,9,11H2,1H3. The number of hydrogen-bond acceptors (Lipinski definition) is 4. The van der Waals surface area contributed by atoms with Crippen LogP contribution in [-0.2, 0) is 0 Å². The van der Waals surface area contributed by atoms with E-state index in [9.17, 15) is 0 Å². The topological polar surface area (TPSA) is 43.6 Å². The summed E-state index contributed by atoms with van der Waals surface area (Å²) < 4.78 is 17.4. The smallest absolute Gasteiger partial charge is 0.161 e. The van der Waals surface area contributed by atoms with E-state index in [1.54, 1.807) is 6.26 Å². The highest BCUT2D eigenvalue weighted by Crippen LogP contribution is 2.34. The van der Waals surface area contributed by atoms with Gasteiger partial charge in [-0.1, -0.05) is 19.1 Å². The van der Waals surface area contributed by atoms with Crippen molar-refractivity contribution < 1.29 is 13.9 Å². The van der Waals surface area contributed by atoms with Crippen molar-refractivity contribution in [1.29, 1.82) is 0 Å². The third kappa shape index (κ3) is 2.65. The lowest BCUT2D eigenvalue weighted by molar-refractivity contribution is 0.0555. The van der Waals surface area contributed by atoms with Crippen LogP contribution in [0.5, 0.6) is 11.5 Å². The van der Waals surface area contributed by atoms with E-state index in [2.05, 4.69) is 12.2 Å². The molecule has 2 unspecified atom stereocenters. The summed E-state index contributed by atoms with van der Waals surface area (Å²) in [5, 5.41) is 3.47. The van der Waals surface area contributed by atoms with Gasteiger partial charge >= 0.3 is 0 Å². The fraction of sp³-hybridized carbons (Fsp3) is 0.375. The van der Waals surface area contributed by atoms with Gasteiger partial charge in [-0.3, -0.25) is 0 Å². The van der Waals surface area contributed by atoms with Gasteiger partial charge in [-0.2, -0.15) is 0 Å². The zero-order valence-corrected chi connectivity index (χ0v) is 11.5. The maximum atomic E-state index is 6.07. The fourth-order valence-corrected chi connectivity index (χ4v) is 2.38. The molecule has 1 aliphatic rings. The molecule has 20 heavy (non-hydrogen) atoms. The highest BCUT2D eigenvalue weighted by molar-refractivity contribution is 5.41. The minimum absolute atomic E-state index is 0.00157. The number of benzene rings is 1. The zero-order valence-electron chi connectivity index (χ0n) is 11.5. The lowest BCUT2D eigenvalue weighted by atomic mass is 10.1. The van der Waals surface area contributed by atoms with E-state index < -0.39 is 0 Å². The molecule has 0 amide bonds. The van der Waals surface area contributed by atoms with Gasteiger partial charge in [-0.25, -0.2) is 0 Å². The number of nitrogens with one attached hydrogen (secondary N) is 1. The molecule has 4 heteroatoms. The molecule has 4 nitrogen and oxygen atoms in total. The van der Waals surface area contributed by atoms with Gasteiger partial charge in [0.15, 0.2) is 17.6 Å². The first kappa shape index (κ1) is 13.1. The van der Waals surface area contributed by atoms with Crippen molar-refractivity contribution in [3.8, 4) is 11.5 Å². The highest BCUT2D eigenvalue weighted by Gasteiger charge is 2.31. The summed E-state index contributed by atoms with van der Waals surface area (Å²) in [4.78, 5) is 0. The van der Waals surface area contributed by atoms with E-state index in [4.69, 9.17) is 13.9 Å². The van der Waals surface area contributed by atoms with Crippen molar-refractivity contribution in [1.82, 2.24) is 5.32 Å².